The van der Waals surface area contributed by atoms with Crippen molar-refractivity contribution in [1.82, 2.24) is 0 Å². The number of aliphatic hydroxyl groups excluding tert-OH is 2. The van der Waals surface area contributed by atoms with Crippen LogP contribution in [0.3, 0.4) is 0 Å². The average Bonchev–Trinajstić information content (AvgIpc) is 3.54. The summed E-state index contributed by atoms with van der Waals surface area (Å²) in [6, 6.07) is 20.0. The Morgan fingerprint density at radius 1 is 0.966 bits per heavy atom. The highest BCUT2D eigenvalue weighted by Crippen LogP contribution is 2.49. The molecule has 1 fully saturated rings. The molecule has 1 heterocycles. The van der Waals surface area contributed by atoms with Crippen LogP contribution in [0.2, 0.25) is 0 Å². The third-order valence-corrected chi connectivity index (χ3v) is 6.14. The summed E-state index contributed by atoms with van der Waals surface area (Å²) >= 11 is 0. The molecule has 2 N–H and O–H groups in total. The van der Waals surface area contributed by atoms with Gasteiger partial charge in [-0.25, -0.2) is 4.79 Å². The summed E-state index contributed by atoms with van der Waals surface area (Å²) in [6.07, 6.45) is 3.48. The summed E-state index contributed by atoms with van der Waals surface area (Å²) < 4.78 is 5.70. The molecule has 2 aromatic rings. The highest BCUT2D eigenvalue weighted by Gasteiger charge is 2.46. The fourth-order valence-electron chi connectivity index (χ4n) is 4.47. The smallest absolute Gasteiger partial charge is 0.338 e. The first-order valence-electron chi connectivity index (χ1n) is 10.5. The third kappa shape index (κ3) is 4.38. The number of esters is 1. The first-order valence-corrected chi connectivity index (χ1v) is 10.5. The zero-order valence-electron chi connectivity index (χ0n) is 16.5. The molecule has 0 bridgehead atoms. The van der Waals surface area contributed by atoms with E-state index in [4.69, 9.17) is 4.74 Å². The van der Waals surface area contributed by atoms with Crippen LogP contribution in [-0.4, -0.2) is 28.9 Å². The molecule has 1 aliphatic heterocycles. The number of benzene rings is 2. The molecule has 0 radical (unpaired) electrons. The first-order chi connectivity index (χ1) is 14.2. The Morgan fingerprint density at radius 3 is 2.24 bits per heavy atom. The molecule has 29 heavy (non-hydrogen) atoms. The van der Waals surface area contributed by atoms with Crippen LogP contribution in [0.25, 0.3) is 0 Å². The normalized spacial score (nSPS) is 21.1. The van der Waals surface area contributed by atoms with E-state index in [9.17, 15) is 15.0 Å². The maximum Gasteiger partial charge on any atom is 0.338 e. The maximum atomic E-state index is 12.8. The van der Waals surface area contributed by atoms with Crippen LogP contribution in [0.5, 0.6) is 0 Å². The van der Waals surface area contributed by atoms with Crippen LogP contribution in [0.15, 0.2) is 72.0 Å². The SMILES string of the molecule is O=C1OC(C(CCO)CCc2ccccc2)C(O)=C1C(c1ccccc1)C1CC1. The Morgan fingerprint density at radius 2 is 1.62 bits per heavy atom. The molecule has 152 valence electrons. The summed E-state index contributed by atoms with van der Waals surface area (Å²) in [6.45, 7) is 0.000852. The van der Waals surface area contributed by atoms with Gasteiger partial charge < -0.3 is 14.9 Å². The number of hydrogen-bond donors (Lipinski definition) is 2. The second kappa shape index (κ2) is 8.83. The van der Waals surface area contributed by atoms with Crippen molar-refractivity contribution >= 4 is 5.97 Å². The standard InChI is InChI=1S/C25H28O4/c26-16-15-20(12-11-17-7-3-1-4-8-17)24-23(27)22(25(28)29-24)21(19-13-14-19)18-9-5-2-6-10-18/h1-10,19-21,24,26-27H,11-16H2. The van der Waals surface area contributed by atoms with E-state index in [-0.39, 0.29) is 24.2 Å². The van der Waals surface area contributed by atoms with Crippen molar-refractivity contribution in [1.29, 1.82) is 0 Å². The van der Waals surface area contributed by atoms with Crippen LogP contribution in [0, 0.1) is 11.8 Å². The number of carbonyl (C=O) groups excluding carboxylic acids is 1. The Balaban J connectivity index is 1.58. The lowest BCUT2D eigenvalue weighted by Gasteiger charge is -2.22. The van der Waals surface area contributed by atoms with Gasteiger partial charge in [0.2, 0.25) is 0 Å². The number of ether oxygens (including phenoxy) is 1. The van der Waals surface area contributed by atoms with E-state index in [2.05, 4.69) is 12.1 Å². The minimum atomic E-state index is -0.668. The second-order valence-corrected chi connectivity index (χ2v) is 8.15. The molecule has 0 aromatic heterocycles. The van der Waals surface area contributed by atoms with Crippen LogP contribution >= 0.6 is 0 Å². The van der Waals surface area contributed by atoms with Gasteiger partial charge in [-0.3, -0.25) is 0 Å². The lowest BCUT2D eigenvalue weighted by Crippen LogP contribution is -2.25. The molecule has 4 rings (SSSR count). The zero-order chi connectivity index (χ0) is 20.2. The summed E-state index contributed by atoms with van der Waals surface area (Å²) in [5.74, 6) is -0.186. The zero-order valence-corrected chi connectivity index (χ0v) is 16.5. The molecule has 2 aliphatic rings. The van der Waals surface area contributed by atoms with E-state index in [1.807, 2.05) is 48.5 Å². The minimum absolute atomic E-state index is 0.000852. The van der Waals surface area contributed by atoms with Crippen molar-refractivity contribution in [2.75, 3.05) is 6.61 Å². The quantitative estimate of drug-likeness (QED) is 0.615. The number of hydrogen-bond acceptors (Lipinski definition) is 4. The third-order valence-electron chi connectivity index (χ3n) is 6.14. The van der Waals surface area contributed by atoms with Gasteiger partial charge in [-0.1, -0.05) is 60.7 Å². The molecule has 4 heteroatoms. The molecule has 3 unspecified atom stereocenters. The molecule has 0 amide bonds. The lowest BCUT2D eigenvalue weighted by molar-refractivity contribution is -0.143. The molecule has 1 aliphatic carbocycles. The summed E-state index contributed by atoms with van der Waals surface area (Å²) in [5.41, 5.74) is 2.67. The van der Waals surface area contributed by atoms with Crippen molar-refractivity contribution < 1.29 is 19.7 Å². The summed E-state index contributed by atoms with van der Waals surface area (Å²) in [5, 5.41) is 20.6. The predicted octanol–water partition coefficient (Wildman–Crippen LogP) is 4.55. The van der Waals surface area contributed by atoms with Gasteiger partial charge in [0.1, 0.15) is 5.76 Å². The lowest BCUT2D eigenvalue weighted by atomic mass is 9.84. The molecular weight excluding hydrogens is 364 g/mol. The van der Waals surface area contributed by atoms with Crippen molar-refractivity contribution in [3.8, 4) is 0 Å². The second-order valence-electron chi connectivity index (χ2n) is 8.15. The van der Waals surface area contributed by atoms with Crippen LogP contribution in [0.1, 0.15) is 42.7 Å². The van der Waals surface area contributed by atoms with Gasteiger partial charge in [-0.2, -0.15) is 0 Å². The number of aliphatic hydroxyl groups is 2. The molecule has 1 saturated carbocycles. The van der Waals surface area contributed by atoms with Crippen LogP contribution < -0.4 is 0 Å². The molecule has 3 atom stereocenters. The van der Waals surface area contributed by atoms with Crippen molar-refractivity contribution in [2.24, 2.45) is 11.8 Å². The Bertz CT molecular complexity index is 855. The summed E-state index contributed by atoms with van der Waals surface area (Å²) in [4.78, 5) is 12.8. The highest BCUT2D eigenvalue weighted by molar-refractivity contribution is 5.93. The van der Waals surface area contributed by atoms with Gasteiger partial charge >= 0.3 is 5.97 Å². The van der Waals surface area contributed by atoms with Gasteiger partial charge in [0.15, 0.2) is 6.10 Å². The van der Waals surface area contributed by atoms with Crippen molar-refractivity contribution in [3.05, 3.63) is 83.1 Å². The number of cyclic esters (lactones) is 1. The van der Waals surface area contributed by atoms with Crippen molar-refractivity contribution in [3.63, 3.8) is 0 Å². The maximum absolute atomic E-state index is 12.8. The van der Waals surface area contributed by atoms with Gasteiger partial charge in [0, 0.05) is 18.4 Å². The van der Waals surface area contributed by atoms with E-state index >= 15 is 0 Å². The molecule has 4 nitrogen and oxygen atoms in total. The monoisotopic (exact) mass is 392 g/mol. The molecule has 2 aromatic carbocycles. The van der Waals surface area contributed by atoms with E-state index in [1.165, 1.54) is 5.56 Å². The molecule has 0 spiro atoms. The first kappa shape index (κ1) is 19.7. The number of rotatable bonds is 9. The van der Waals surface area contributed by atoms with Crippen LogP contribution in [-0.2, 0) is 16.0 Å². The largest absolute Gasteiger partial charge is 0.508 e. The van der Waals surface area contributed by atoms with Gasteiger partial charge in [-0.15, -0.1) is 0 Å². The topological polar surface area (TPSA) is 66.8 Å². The van der Waals surface area contributed by atoms with E-state index in [0.717, 1.165) is 31.2 Å². The highest BCUT2D eigenvalue weighted by atomic mass is 16.6. The van der Waals surface area contributed by atoms with Gasteiger partial charge in [0.25, 0.3) is 0 Å². The Kier molecular flexibility index (Phi) is 6.00. The van der Waals surface area contributed by atoms with E-state index in [1.54, 1.807) is 0 Å². The van der Waals surface area contributed by atoms with E-state index in [0.29, 0.717) is 17.9 Å². The molecule has 0 saturated heterocycles. The van der Waals surface area contributed by atoms with E-state index < -0.39 is 12.1 Å². The Hall–Kier alpha value is -2.59. The average molecular weight is 392 g/mol. The van der Waals surface area contributed by atoms with Gasteiger partial charge in [0.05, 0.1) is 5.57 Å². The predicted molar refractivity (Wildman–Crippen MR) is 111 cm³/mol. The molecular formula is C25H28O4. The minimum Gasteiger partial charge on any atom is -0.508 e. The van der Waals surface area contributed by atoms with Crippen LogP contribution in [0.4, 0.5) is 0 Å². The number of aryl methyl sites for hydroxylation is 1. The fraction of sp³-hybridized carbons (Fsp3) is 0.400. The Labute approximate surface area is 171 Å². The van der Waals surface area contributed by atoms with Gasteiger partial charge in [-0.05, 0) is 49.1 Å². The van der Waals surface area contributed by atoms with Crippen molar-refractivity contribution in [2.45, 2.75) is 44.1 Å². The fourth-order valence-corrected chi connectivity index (χ4v) is 4.47. The number of carbonyl (C=O) groups is 1. The summed E-state index contributed by atoms with van der Waals surface area (Å²) in [7, 11) is 0.